The molecule has 80 valence electrons. The monoisotopic (exact) mass is 221 g/mol. The maximum Gasteiger partial charge on any atom is 0.157 e. The van der Waals surface area contributed by atoms with E-state index in [1.165, 1.54) is 5.56 Å². The Bertz CT molecular complexity index is 359. The second-order valence-corrected chi connectivity index (χ2v) is 5.16. The van der Waals surface area contributed by atoms with Crippen molar-refractivity contribution in [2.24, 2.45) is 4.99 Å². The largest absolute Gasteiger partial charge is 0.361 e. The van der Waals surface area contributed by atoms with Gasteiger partial charge in [0.25, 0.3) is 0 Å². The zero-order valence-corrected chi connectivity index (χ0v) is 9.84. The van der Waals surface area contributed by atoms with Crippen LogP contribution in [0.5, 0.6) is 0 Å². The number of aliphatic imine (C=N–C) groups is 1. The van der Waals surface area contributed by atoms with Crippen molar-refractivity contribution in [1.82, 2.24) is 10.3 Å². The summed E-state index contributed by atoms with van der Waals surface area (Å²) in [6.07, 6.45) is 1.91. The predicted molar refractivity (Wildman–Crippen MR) is 65.2 cm³/mol. The lowest BCUT2D eigenvalue weighted by Gasteiger charge is -2.05. The summed E-state index contributed by atoms with van der Waals surface area (Å²) in [6, 6.07) is 4.13. The van der Waals surface area contributed by atoms with Crippen LogP contribution in [0.15, 0.2) is 23.3 Å². The third-order valence-corrected chi connectivity index (χ3v) is 3.27. The van der Waals surface area contributed by atoms with Gasteiger partial charge in [0.1, 0.15) is 0 Å². The Labute approximate surface area is 94.4 Å². The minimum absolute atomic E-state index is 0.614. The third-order valence-electron chi connectivity index (χ3n) is 2.22. The van der Waals surface area contributed by atoms with Gasteiger partial charge in [-0.1, -0.05) is 24.8 Å². The first-order chi connectivity index (χ1) is 7.24. The van der Waals surface area contributed by atoms with E-state index >= 15 is 0 Å². The SMILES string of the molecule is Cc1ccc(CNC2=NCC(C)S2)cn1. The summed E-state index contributed by atoms with van der Waals surface area (Å²) >= 11 is 1.81. The van der Waals surface area contributed by atoms with E-state index < -0.39 is 0 Å². The molecule has 1 atom stereocenters. The first-order valence-electron chi connectivity index (χ1n) is 5.10. The lowest BCUT2D eigenvalue weighted by atomic mass is 10.2. The van der Waals surface area contributed by atoms with Crippen molar-refractivity contribution in [3.63, 3.8) is 0 Å². The van der Waals surface area contributed by atoms with E-state index in [1.807, 2.05) is 19.2 Å². The number of aryl methyl sites for hydroxylation is 1. The van der Waals surface area contributed by atoms with E-state index in [9.17, 15) is 0 Å². The number of rotatable bonds is 2. The van der Waals surface area contributed by atoms with E-state index in [0.717, 1.165) is 24.0 Å². The summed E-state index contributed by atoms with van der Waals surface area (Å²) in [5, 5.41) is 4.99. The normalized spacial score (nSPS) is 20.1. The summed E-state index contributed by atoms with van der Waals surface area (Å²) < 4.78 is 0. The average molecular weight is 221 g/mol. The number of nitrogens with zero attached hydrogens (tertiary/aromatic N) is 2. The number of hydrogen-bond donors (Lipinski definition) is 1. The summed E-state index contributed by atoms with van der Waals surface area (Å²) in [6.45, 7) is 5.93. The van der Waals surface area contributed by atoms with Crippen LogP contribution in [0.4, 0.5) is 0 Å². The maximum absolute atomic E-state index is 4.40. The molecule has 2 heterocycles. The molecule has 1 aliphatic rings. The molecule has 1 aliphatic heterocycles. The van der Waals surface area contributed by atoms with Crippen LogP contribution in [-0.2, 0) is 6.54 Å². The number of nitrogens with one attached hydrogen (secondary N) is 1. The maximum atomic E-state index is 4.40. The smallest absolute Gasteiger partial charge is 0.157 e. The fourth-order valence-electron chi connectivity index (χ4n) is 1.35. The van der Waals surface area contributed by atoms with Gasteiger partial charge in [0.05, 0.1) is 6.54 Å². The molecule has 0 saturated carbocycles. The highest BCUT2D eigenvalue weighted by Gasteiger charge is 2.13. The van der Waals surface area contributed by atoms with Gasteiger partial charge in [0.15, 0.2) is 5.17 Å². The quantitative estimate of drug-likeness (QED) is 0.829. The summed E-state index contributed by atoms with van der Waals surface area (Å²) in [5.74, 6) is 0. The number of aromatic nitrogens is 1. The Morgan fingerprint density at radius 3 is 3.00 bits per heavy atom. The van der Waals surface area contributed by atoms with Gasteiger partial charge in [0.2, 0.25) is 0 Å². The van der Waals surface area contributed by atoms with Crippen LogP contribution in [0.25, 0.3) is 0 Å². The van der Waals surface area contributed by atoms with Crippen LogP contribution in [0.2, 0.25) is 0 Å². The molecule has 0 bridgehead atoms. The minimum Gasteiger partial charge on any atom is -0.361 e. The molecule has 15 heavy (non-hydrogen) atoms. The summed E-state index contributed by atoms with van der Waals surface area (Å²) in [7, 11) is 0. The zero-order chi connectivity index (χ0) is 10.7. The Balaban J connectivity index is 1.86. The van der Waals surface area contributed by atoms with Gasteiger partial charge in [-0.15, -0.1) is 0 Å². The van der Waals surface area contributed by atoms with Gasteiger partial charge in [-0.25, -0.2) is 0 Å². The lowest BCUT2D eigenvalue weighted by Crippen LogP contribution is -2.18. The molecular weight excluding hydrogens is 206 g/mol. The third kappa shape index (κ3) is 2.96. The van der Waals surface area contributed by atoms with E-state index in [1.54, 1.807) is 11.8 Å². The summed E-state index contributed by atoms with van der Waals surface area (Å²) in [4.78, 5) is 8.65. The minimum atomic E-state index is 0.614. The second-order valence-electron chi connectivity index (χ2n) is 3.74. The Kier molecular flexibility index (Phi) is 3.26. The van der Waals surface area contributed by atoms with E-state index in [-0.39, 0.29) is 0 Å². The molecular formula is C11H15N3S. The van der Waals surface area contributed by atoms with Crippen molar-refractivity contribution in [1.29, 1.82) is 0 Å². The molecule has 4 heteroatoms. The highest BCUT2D eigenvalue weighted by Crippen LogP contribution is 2.18. The first-order valence-corrected chi connectivity index (χ1v) is 5.98. The lowest BCUT2D eigenvalue weighted by molar-refractivity contribution is 0.904. The van der Waals surface area contributed by atoms with Crippen molar-refractivity contribution in [2.75, 3.05) is 6.54 Å². The fraction of sp³-hybridized carbons (Fsp3) is 0.455. The zero-order valence-electron chi connectivity index (χ0n) is 9.03. The number of hydrogen-bond acceptors (Lipinski definition) is 4. The molecule has 0 fully saturated rings. The number of thioether (sulfide) groups is 1. The van der Waals surface area contributed by atoms with Gasteiger partial charge in [-0.3, -0.25) is 9.98 Å². The molecule has 1 aromatic heterocycles. The highest BCUT2D eigenvalue weighted by atomic mass is 32.2. The second kappa shape index (κ2) is 4.66. The highest BCUT2D eigenvalue weighted by molar-refractivity contribution is 8.14. The van der Waals surface area contributed by atoms with E-state index in [2.05, 4.69) is 28.3 Å². The Hall–Kier alpha value is -1.03. The molecule has 0 amide bonds. The van der Waals surface area contributed by atoms with Crippen LogP contribution in [-0.4, -0.2) is 21.9 Å². The van der Waals surface area contributed by atoms with Crippen LogP contribution in [0.3, 0.4) is 0 Å². The van der Waals surface area contributed by atoms with Crippen LogP contribution in [0.1, 0.15) is 18.2 Å². The molecule has 1 aromatic rings. The van der Waals surface area contributed by atoms with Crippen LogP contribution in [0, 0.1) is 6.92 Å². The average Bonchev–Trinajstić information content (AvgIpc) is 2.64. The molecule has 0 aliphatic carbocycles. The molecule has 2 rings (SSSR count). The van der Waals surface area contributed by atoms with E-state index in [4.69, 9.17) is 0 Å². The molecule has 0 saturated heterocycles. The van der Waals surface area contributed by atoms with Gasteiger partial charge in [-0.05, 0) is 18.6 Å². The van der Waals surface area contributed by atoms with Gasteiger partial charge >= 0.3 is 0 Å². The fourth-order valence-corrected chi connectivity index (χ4v) is 2.19. The van der Waals surface area contributed by atoms with Crippen molar-refractivity contribution in [3.05, 3.63) is 29.6 Å². The summed E-state index contributed by atoms with van der Waals surface area (Å²) in [5.41, 5.74) is 2.25. The van der Waals surface area contributed by atoms with Crippen molar-refractivity contribution in [3.8, 4) is 0 Å². The molecule has 0 spiro atoms. The number of pyridine rings is 1. The predicted octanol–water partition coefficient (Wildman–Crippen LogP) is 1.97. The molecule has 1 N–H and O–H groups in total. The standard InChI is InChI=1S/C11H15N3S/c1-8-3-4-10(6-12-8)7-14-11-13-5-9(2)15-11/h3-4,6,9H,5,7H2,1-2H3,(H,13,14). The molecule has 3 nitrogen and oxygen atoms in total. The first kappa shape index (κ1) is 10.5. The van der Waals surface area contributed by atoms with Crippen LogP contribution >= 0.6 is 11.8 Å². The molecule has 0 aromatic carbocycles. The molecule has 0 radical (unpaired) electrons. The molecule has 1 unspecified atom stereocenters. The van der Waals surface area contributed by atoms with Gasteiger partial charge < -0.3 is 5.32 Å². The van der Waals surface area contributed by atoms with Crippen molar-refractivity contribution >= 4 is 16.9 Å². The van der Waals surface area contributed by atoms with Gasteiger partial charge in [0, 0.05) is 23.7 Å². The Morgan fingerprint density at radius 1 is 1.53 bits per heavy atom. The Morgan fingerprint density at radius 2 is 2.40 bits per heavy atom. The van der Waals surface area contributed by atoms with Crippen molar-refractivity contribution < 1.29 is 0 Å². The van der Waals surface area contributed by atoms with Gasteiger partial charge in [-0.2, -0.15) is 0 Å². The van der Waals surface area contributed by atoms with Crippen molar-refractivity contribution in [2.45, 2.75) is 25.6 Å². The number of amidine groups is 1. The van der Waals surface area contributed by atoms with Crippen LogP contribution < -0.4 is 5.32 Å². The topological polar surface area (TPSA) is 37.3 Å². The van der Waals surface area contributed by atoms with E-state index in [0.29, 0.717) is 5.25 Å².